The summed E-state index contributed by atoms with van der Waals surface area (Å²) in [6.07, 6.45) is 1.50. The molecule has 1 aliphatic rings. The lowest BCUT2D eigenvalue weighted by atomic mass is 9.85. The number of thioether (sulfide) groups is 1. The van der Waals surface area contributed by atoms with Crippen molar-refractivity contribution in [1.29, 1.82) is 5.26 Å². The summed E-state index contributed by atoms with van der Waals surface area (Å²) < 4.78 is 16.3. The standard InChI is InChI=1S/C29H28N4O5S/c1-4-37-21-12-10-19(11-13-21)33-28(35)26-18(2)31-29(23(16-30)27(26)24-9-6-14-38-24)39-17-25(34)32-20-7-5-8-22(15-20)36-3/h5-15,27,31H,4,17H2,1-3H3,(H,32,34)(H,33,35)/t27-/m1/s1. The normalized spacial score (nSPS) is 14.8. The van der Waals surface area contributed by atoms with Gasteiger partial charge in [-0.05, 0) is 62.4 Å². The number of ether oxygens (including phenoxy) is 2. The average molecular weight is 545 g/mol. The Balaban J connectivity index is 1.54. The third-order valence-corrected chi connectivity index (χ3v) is 6.86. The minimum absolute atomic E-state index is 0.0383. The Morgan fingerprint density at radius 3 is 2.54 bits per heavy atom. The van der Waals surface area contributed by atoms with Crippen molar-refractivity contribution in [3.05, 3.63) is 94.6 Å². The zero-order chi connectivity index (χ0) is 27.8. The van der Waals surface area contributed by atoms with E-state index in [0.717, 1.165) is 0 Å². The molecule has 1 aromatic heterocycles. The van der Waals surface area contributed by atoms with Crippen LogP contribution in [-0.4, -0.2) is 31.3 Å². The van der Waals surface area contributed by atoms with Gasteiger partial charge in [0.05, 0.1) is 53.9 Å². The molecule has 0 aliphatic carbocycles. The molecule has 0 saturated carbocycles. The van der Waals surface area contributed by atoms with Crippen molar-refractivity contribution in [3.63, 3.8) is 0 Å². The van der Waals surface area contributed by atoms with Crippen molar-refractivity contribution in [2.24, 2.45) is 0 Å². The lowest BCUT2D eigenvalue weighted by molar-refractivity contribution is -0.114. The number of allylic oxidation sites excluding steroid dienone is 2. The first-order valence-electron chi connectivity index (χ1n) is 12.2. The molecule has 0 radical (unpaired) electrons. The molecular weight excluding hydrogens is 516 g/mol. The Kier molecular flexibility index (Phi) is 8.97. The Labute approximate surface area is 230 Å². The molecule has 10 heteroatoms. The number of nitrogens with one attached hydrogen (secondary N) is 3. The van der Waals surface area contributed by atoms with E-state index in [1.54, 1.807) is 74.7 Å². The number of benzene rings is 2. The highest BCUT2D eigenvalue weighted by Crippen LogP contribution is 2.41. The highest BCUT2D eigenvalue weighted by Gasteiger charge is 2.36. The minimum Gasteiger partial charge on any atom is -0.497 e. The molecule has 1 aliphatic heterocycles. The van der Waals surface area contributed by atoms with Gasteiger partial charge < -0.3 is 29.8 Å². The van der Waals surface area contributed by atoms with Crippen molar-refractivity contribution in [3.8, 4) is 17.6 Å². The molecule has 2 amide bonds. The molecule has 3 N–H and O–H groups in total. The summed E-state index contributed by atoms with van der Waals surface area (Å²) in [6, 6.07) is 19.8. The van der Waals surface area contributed by atoms with E-state index in [1.165, 1.54) is 18.0 Å². The van der Waals surface area contributed by atoms with Crippen LogP contribution in [0.3, 0.4) is 0 Å². The molecule has 0 saturated heterocycles. The molecule has 9 nitrogen and oxygen atoms in total. The largest absolute Gasteiger partial charge is 0.497 e. The first-order valence-corrected chi connectivity index (χ1v) is 13.2. The van der Waals surface area contributed by atoms with Gasteiger partial charge in [0.25, 0.3) is 5.91 Å². The van der Waals surface area contributed by atoms with Crippen molar-refractivity contribution in [1.82, 2.24) is 5.32 Å². The van der Waals surface area contributed by atoms with Gasteiger partial charge in [0.15, 0.2) is 0 Å². The number of methoxy groups -OCH3 is 1. The van der Waals surface area contributed by atoms with Gasteiger partial charge in [-0.3, -0.25) is 9.59 Å². The summed E-state index contributed by atoms with van der Waals surface area (Å²) in [5.74, 6) is 0.429. The van der Waals surface area contributed by atoms with Crippen LogP contribution >= 0.6 is 11.8 Å². The predicted molar refractivity (Wildman–Crippen MR) is 150 cm³/mol. The quantitative estimate of drug-likeness (QED) is 0.310. The van der Waals surface area contributed by atoms with Crippen molar-refractivity contribution in [2.45, 2.75) is 19.8 Å². The second-order valence-corrected chi connectivity index (χ2v) is 9.43. The van der Waals surface area contributed by atoms with Crippen LogP contribution in [0, 0.1) is 11.3 Å². The summed E-state index contributed by atoms with van der Waals surface area (Å²) >= 11 is 1.18. The molecule has 1 atom stereocenters. The molecule has 0 spiro atoms. The number of anilines is 2. The molecule has 200 valence electrons. The van der Waals surface area contributed by atoms with Crippen LogP contribution in [0.15, 0.2) is 93.2 Å². The molecule has 0 fully saturated rings. The predicted octanol–water partition coefficient (Wildman–Crippen LogP) is 5.39. The fourth-order valence-corrected chi connectivity index (χ4v) is 4.99. The van der Waals surface area contributed by atoms with Gasteiger partial charge in [-0.1, -0.05) is 17.8 Å². The monoisotopic (exact) mass is 544 g/mol. The molecule has 0 unspecified atom stereocenters. The zero-order valence-corrected chi connectivity index (χ0v) is 22.6. The third-order valence-electron chi connectivity index (χ3n) is 5.84. The van der Waals surface area contributed by atoms with Crippen LogP contribution in [0.1, 0.15) is 25.5 Å². The van der Waals surface area contributed by atoms with E-state index in [0.29, 0.717) is 51.5 Å². The number of carbonyl (C=O) groups excluding carboxylic acids is 2. The number of furan rings is 1. The highest BCUT2D eigenvalue weighted by atomic mass is 32.2. The van der Waals surface area contributed by atoms with Gasteiger partial charge >= 0.3 is 0 Å². The molecule has 4 rings (SSSR count). The van der Waals surface area contributed by atoms with Gasteiger partial charge in [0.1, 0.15) is 17.3 Å². The van der Waals surface area contributed by atoms with Crippen LogP contribution in [0.4, 0.5) is 11.4 Å². The first-order chi connectivity index (χ1) is 18.9. The zero-order valence-electron chi connectivity index (χ0n) is 21.7. The number of nitrogens with zero attached hydrogens (tertiary/aromatic N) is 1. The van der Waals surface area contributed by atoms with E-state index in [-0.39, 0.29) is 23.1 Å². The maximum Gasteiger partial charge on any atom is 0.254 e. The van der Waals surface area contributed by atoms with Gasteiger partial charge in [-0.25, -0.2) is 0 Å². The summed E-state index contributed by atoms with van der Waals surface area (Å²) in [4.78, 5) is 26.2. The average Bonchev–Trinajstić information content (AvgIpc) is 3.47. The Morgan fingerprint density at radius 2 is 1.87 bits per heavy atom. The lowest BCUT2D eigenvalue weighted by Gasteiger charge is -2.28. The van der Waals surface area contributed by atoms with Crippen LogP contribution in [0.25, 0.3) is 0 Å². The van der Waals surface area contributed by atoms with Crippen LogP contribution in [0.5, 0.6) is 11.5 Å². The molecule has 0 bridgehead atoms. The number of nitriles is 1. The van der Waals surface area contributed by atoms with Crippen LogP contribution in [-0.2, 0) is 9.59 Å². The van der Waals surface area contributed by atoms with Gasteiger partial charge in [0.2, 0.25) is 5.91 Å². The van der Waals surface area contributed by atoms with E-state index >= 15 is 0 Å². The fraction of sp³-hybridized carbons (Fsp3) is 0.207. The molecule has 2 heterocycles. The number of hydrogen-bond donors (Lipinski definition) is 3. The van der Waals surface area contributed by atoms with Crippen molar-refractivity contribution < 1.29 is 23.5 Å². The molecule has 39 heavy (non-hydrogen) atoms. The summed E-state index contributed by atoms with van der Waals surface area (Å²) in [6.45, 7) is 4.20. The van der Waals surface area contributed by atoms with Crippen LogP contribution < -0.4 is 25.4 Å². The minimum atomic E-state index is -0.752. The van der Waals surface area contributed by atoms with E-state index in [1.807, 2.05) is 6.92 Å². The number of carbonyl (C=O) groups is 2. The first kappa shape index (κ1) is 27.4. The van der Waals surface area contributed by atoms with Crippen molar-refractivity contribution >= 4 is 35.0 Å². The second kappa shape index (κ2) is 12.8. The smallest absolute Gasteiger partial charge is 0.254 e. The molecular formula is C29H28N4O5S. The maximum absolute atomic E-state index is 13.5. The number of hydrogen-bond acceptors (Lipinski definition) is 8. The number of amides is 2. The van der Waals surface area contributed by atoms with E-state index in [4.69, 9.17) is 13.9 Å². The van der Waals surface area contributed by atoms with Gasteiger partial charge in [-0.2, -0.15) is 5.26 Å². The van der Waals surface area contributed by atoms with Crippen LogP contribution in [0.2, 0.25) is 0 Å². The SMILES string of the molecule is CCOc1ccc(NC(=O)C2=C(C)NC(SCC(=O)Nc3cccc(OC)c3)=C(C#N)[C@@H]2c2ccco2)cc1. The highest BCUT2D eigenvalue weighted by molar-refractivity contribution is 8.03. The summed E-state index contributed by atoms with van der Waals surface area (Å²) in [5.41, 5.74) is 2.37. The third kappa shape index (κ3) is 6.64. The summed E-state index contributed by atoms with van der Waals surface area (Å²) in [7, 11) is 1.55. The Morgan fingerprint density at radius 1 is 1.08 bits per heavy atom. The molecule has 3 aromatic rings. The maximum atomic E-state index is 13.5. The van der Waals surface area contributed by atoms with E-state index in [2.05, 4.69) is 22.0 Å². The van der Waals surface area contributed by atoms with Gasteiger partial charge in [-0.15, -0.1) is 0 Å². The van der Waals surface area contributed by atoms with E-state index in [9.17, 15) is 14.9 Å². The number of rotatable bonds is 10. The topological polar surface area (TPSA) is 126 Å². The number of dihydropyridines is 1. The Hall–Kier alpha value is -4.62. The summed E-state index contributed by atoms with van der Waals surface area (Å²) in [5, 5.41) is 19.5. The van der Waals surface area contributed by atoms with E-state index < -0.39 is 5.92 Å². The fourth-order valence-electron chi connectivity index (χ4n) is 4.10. The second-order valence-electron chi connectivity index (χ2n) is 8.45. The Bertz CT molecular complexity index is 1440. The molecule has 2 aromatic carbocycles. The lowest BCUT2D eigenvalue weighted by Crippen LogP contribution is -2.31. The van der Waals surface area contributed by atoms with Crippen molar-refractivity contribution in [2.75, 3.05) is 30.1 Å². The van der Waals surface area contributed by atoms with Gasteiger partial charge in [0, 0.05) is 23.1 Å².